The lowest BCUT2D eigenvalue weighted by Crippen LogP contribution is -2.16. The minimum Gasteiger partial charge on any atom is -0.358 e. The molecule has 0 aliphatic heterocycles. The van der Waals surface area contributed by atoms with Crippen LogP contribution in [-0.2, 0) is 17.9 Å². The van der Waals surface area contributed by atoms with Crippen molar-refractivity contribution in [2.24, 2.45) is 0 Å². The molecule has 0 fully saturated rings. The molecule has 0 atom stereocenters. The molecular formula is C15H12BrClFN7O3. The smallest absolute Gasteiger partial charge is 0.358 e. The van der Waals surface area contributed by atoms with Gasteiger partial charge in [0.1, 0.15) is 16.6 Å². The third-order valence-corrected chi connectivity index (χ3v) is 4.49. The number of anilines is 1. The van der Waals surface area contributed by atoms with E-state index in [9.17, 15) is 19.3 Å². The maximum Gasteiger partial charge on any atom is 0.404 e. The fourth-order valence-electron chi connectivity index (χ4n) is 2.28. The highest BCUT2D eigenvalue weighted by atomic mass is 79.9. The molecular weight excluding hydrogens is 461 g/mol. The van der Waals surface area contributed by atoms with Crippen LogP contribution in [0.15, 0.2) is 35.2 Å². The van der Waals surface area contributed by atoms with E-state index in [1.165, 1.54) is 34.0 Å². The Labute approximate surface area is 170 Å². The van der Waals surface area contributed by atoms with Gasteiger partial charge in [-0.3, -0.25) is 10.1 Å². The lowest BCUT2D eigenvalue weighted by Gasteiger charge is -2.04. The number of benzene rings is 1. The second-order valence-corrected chi connectivity index (χ2v) is 6.88. The largest absolute Gasteiger partial charge is 0.404 e. The van der Waals surface area contributed by atoms with Gasteiger partial charge in [-0.2, -0.15) is 4.68 Å². The third kappa shape index (κ3) is 4.89. The topological polar surface area (TPSA) is 121 Å². The average molecular weight is 473 g/mol. The Kier molecular flexibility index (Phi) is 5.99. The predicted molar refractivity (Wildman–Crippen MR) is 100 cm³/mol. The van der Waals surface area contributed by atoms with Gasteiger partial charge in [0.05, 0.1) is 24.4 Å². The Morgan fingerprint density at radius 2 is 2.14 bits per heavy atom. The Bertz CT molecular complexity index is 1040. The van der Waals surface area contributed by atoms with Crippen molar-refractivity contribution in [1.29, 1.82) is 0 Å². The van der Waals surface area contributed by atoms with E-state index in [0.717, 1.165) is 0 Å². The predicted octanol–water partition coefficient (Wildman–Crippen LogP) is 3.01. The number of carbonyl (C=O) groups is 1. The number of amides is 1. The lowest BCUT2D eigenvalue weighted by atomic mass is 10.2. The first kappa shape index (κ1) is 19.9. The normalized spacial score (nSPS) is 10.8. The quantitative estimate of drug-likeness (QED) is 0.417. The molecule has 0 bridgehead atoms. The molecule has 0 saturated carbocycles. The molecule has 0 unspecified atom stereocenters. The van der Waals surface area contributed by atoms with Crippen LogP contribution in [0.25, 0.3) is 0 Å². The van der Waals surface area contributed by atoms with Gasteiger partial charge < -0.3 is 10.1 Å². The summed E-state index contributed by atoms with van der Waals surface area (Å²) in [6, 6.07) is 4.03. The lowest BCUT2D eigenvalue weighted by molar-refractivity contribution is -0.390. The van der Waals surface area contributed by atoms with Crippen molar-refractivity contribution in [2.75, 3.05) is 5.32 Å². The number of halogens is 3. The standard InChI is InChI=1S/C15H12BrClFN7O3/c16-11-7-23(21-14(11)25(27)28)4-3-13(26)20-15-19-8-24(22-15)6-9-1-2-10(18)5-12(9)17/h1-2,5,7-8H,3-4,6H2,(H,20,22,26). The minimum absolute atomic E-state index is 0.0175. The van der Waals surface area contributed by atoms with Gasteiger partial charge in [0.25, 0.3) is 0 Å². The second-order valence-electron chi connectivity index (χ2n) is 5.62. The van der Waals surface area contributed by atoms with Gasteiger partial charge in [-0.05, 0) is 38.5 Å². The summed E-state index contributed by atoms with van der Waals surface area (Å²) in [4.78, 5) is 26.1. The molecule has 1 amide bonds. The number of carbonyl (C=O) groups excluding carboxylic acids is 1. The molecule has 13 heteroatoms. The summed E-state index contributed by atoms with van der Waals surface area (Å²) in [6.45, 7) is 0.400. The summed E-state index contributed by atoms with van der Waals surface area (Å²) in [7, 11) is 0. The van der Waals surface area contributed by atoms with Gasteiger partial charge in [0, 0.05) is 11.4 Å². The van der Waals surface area contributed by atoms with E-state index in [2.05, 4.69) is 36.4 Å². The zero-order chi connectivity index (χ0) is 20.3. The summed E-state index contributed by atoms with van der Waals surface area (Å²) < 4.78 is 16.1. The Balaban J connectivity index is 1.55. The van der Waals surface area contributed by atoms with Crippen LogP contribution < -0.4 is 5.32 Å². The van der Waals surface area contributed by atoms with Gasteiger partial charge >= 0.3 is 5.82 Å². The molecule has 0 radical (unpaired) electrons. The van der Waals surface area contributed by atoms with Crippen LogP contribution in [0.4, 0.5) is 16.2 Å². The van der Waals surface area contributed by atoms with Crippen molar-refractivity contribution in [2.45, 2.75) is 19.5 Å². The van der Waals surface area contributed by atoms with E-state index in [-0.39, 0.29) is 46.7 Å². The van der Waals surface area contributed by atoms with Crippen LogP contribution in [0, 0.1) is 15.9 Å². The fraction of sp³-hybridized carbons (Fsp3) is 0.200. The first-order chi connectivity index (χ1) is 13.3. The Morgan fingerprint density at radius 1 is 1.36 bits per heavy atom. The third-order valence-electron chi connectivity index (χ3n) is 3.58. The molecule has 0 aliphatic rings. The monoisotopic (exact) mass is 471 g/mol. The minimum atomic E-state index is -0.620. The fourth-order valence-corrected chi connectivity index (χ4v) is 2.97. The molecule has 1 aromatic carbocycles. The van der Waals surface area contributed by atoms with Crippen LogP contribution in [0.1, 0.15) is 12.0 Å². The van der Waals surface area contributed by atoms with Gasteiger partial charge in [-0.1, -0.05) is 17.7 Å². The molecule has 3 aromatic rings. The summed E-state index contributed by atoms with van der Waals surface area (Å²) in [5.41, 5.74) is 0.650. The molecule has 146 valence electrons. The number of hydrogen-bond donors (Lipinski definition) is 1. The summed E-state index contributed by atoms with van der Waals surface area (Å²) in [5, 5.41) is 21.4. The summed E-state index contributed by atoms with van der Waals surface area (Å²) >= 11 is 9.02. The highest BCUT2D eigenvalue weighted by molar-refractivity contribution is 9.10. The van der Waals surface area contributed by atoms with E-state index in [4.69, 9.17) is 11.6 Å². The molecule has 2 aromatic heterocycles. The van der Waals surface area contributed by atoms with Gasteiger partial charge in [-0.25, -0.2) is 14.1 Å². The molecule has 0 aliphatic carbocycles. The number of aryl methyl sites for hydroxylation is 1. The summed E-state index contributed by atoms with van der Waals surface area (Å²) in [6.07, 6.45) is 2.84. The van der Waals surface area contributed by atoms with E-state index < -0.39 is 10.7 Å². The second kappa shape index (κ2) is 8.44. The number of rotatable bonds is 7. The highest BCUT2D eigenvalue weighted by Gasteiger charge is 2.19. The van der Waals surface area contributed by atoms with Crippen molar-refractivity contribution in [1.82, 2.24) is 24.5 Å². The number of nitrogens with one attached hydrogen (secondary N) is 1. The molecule has 2 heterocycles. The molecule has 0 saturated heterocycles. The number of hydrogen-bond acceptors (Lipinski definition) is 6. The van der Waals surface area contributed by atoms with Crippen LogP contribution in [0.5, 0.6) is 0 Å². The molecule has 1 N–H and O–H groups in total. The first-order valence-corrected chi connectivity index (χ1v) is 8.99. The van der Waals surface area contributed by atoms with Crippen LogP contribution in [0.2, 0.25) is 5.02 Å². The van der Waals surface area contributed by atoms with Crippen molar-refractivity contribution in [3.8, 4) is 0 Å². The Hall–Kier alpha value is -2.86. The van der Waals surface area contributed by atoms with Gasteiger partial charge in [0.2, 0.25) is 11.9 Å². The number of nitrogens with zero attached hydrogens (tertiary/aromatic N) is 6. The van der Waals surface area contributed by atoms with Gasteiger partial charge in [-0.15, -0.1) is 5.10 Å². The van der Waals surface area contributed by atoms with Crippen molar-refractivity contribution in [3.05, 3.63) is 61.7 Å². The van der Waals surface area contributed by atoms with Crippen LogP contribution in [0.3, 0.4) is 0 Å². The Morgan fingerprint density at radius 3 is 2.82 bits per heavy atom. The molecule has 10 nitrogen and oxygen atoms in total. The van der Waals surface area contributed by atoms with Crippen molar-refractivity contribution < 1.29 is 14.1 Å². The molecule has 28 heavy (non-hydrogen) atoms. The summed E-state index contributed by atoms with van der Waals surface area (Å²) in [5.74, 6) is -1.04. The van der Waals surface area contributed by atoms with E-state index in [0.29, 0.717) is 5.56 Å². The maximum absolute atomic E-state index is 13.1. The van der Waals surface area contributed by atoms with E-state index >= 15 is 0 Å². The van der Waals surface area contributed by atoms with E-state index in [1.807, 2.05) is 0 Å². The maximum atomic E-state index is 13.1. The molecule has 3 rings (SSSR count). The SMILES string of the molecule is O=C(CCn1cc(Br)c([N+](=O)[O-])n1)Nc1ncn(Cc2ccc(F)cc2Cl)n1. The number of aromatic nitrogens is 5. The highest BCUT2D eigenvalue weighted by Crippen LogP contribution is 2.22. The van der Waals surface area contributed by atoms with Crippen LogP contribution in [-0.4, -0.2) is 35.4 Å². The van der Waals surface area contributed by atoms with Crippen LogP contribution >= 0.6 is 27.5 Å². The zero-order valence-corrected chi connectivity index (χ0v) is 16.4. The zero-order valence-electron chi connectivity index (χ0n) is 14.0. The molecule has 0 spiro atoms. The van der Waals surface area contributed by atoms with E-state index in [1.54, 1.807) is 6.07 Å². The van der Waals surface area contributed by atoms with Crippen molar-refractivity contribution >= 4 is 45.2 Å². The number of nitro groups is 1. The van der Waals surface area contributed by atoms with Crippen molar-refractivity contribution in [3.63, 3.8) is 0 Å². The van der Waals surface area contributed by atoms with Gasteiger partial charge in [0.15, 0.2) is 0 Å². The average Bonchev–Trinajstić information content (AvgIpc) is 3.22. The first-order valence-electron chi connectivity index (χ1n) is 7.82.